The second-order valence-corrected chi connectivity index (χ2v) is 8.09. The molecule has 1 N–H and O–H groups in total. The van der Waals surface area contributed by atoms with E-state index in [9.17, 15) is 13.2 Å². The third kappa shape index (κ3) is 4.59. The van der Waals surface area contributed by atoms with Crippen LogP contribution in [0.4, 0.5) is 5.13 Å². The number of carbonyl (C=O) groups is 1. The maximum Gasteiger partial charge on any atom is 0.272 e. The van der Waals surface area contributed by atoms with Crippen LogP contribution < -0.4 is 5.32 Å². The molecule has 1 amide bonds. The van der Waals surface area contributed by atoms with Gasteiger partial charge in [-0.3, -0.25) is 4.79 Å². The molecule has 0 aliphatic heterocycles. The number of carbonyl (C=O) groups excluding carboxylic acids is 1. The highest BCUT2D eigenvalue weighted by Gasteiger charge is 2.26. The van der Waals surface area contributed by atoms with Crippen molar-refractivity contribution < 1.29 is 13.2 Å². The zero-order valence-electron chi connectivity index (χ0n) is 13.6. The van der Waals surface area contributed by atoms with Crippen LogP contribution in [0.25, 0.3) is 0 Å². The van der Waals surface area contributed by atoms with Crippen LogP contribution in [0.15, 0.2) is 34.7 Å². The van der Waals surface area contributed by atoms with Crippen LogP contribution in [0.1, 0.15) is 25.8 Å². The number of nitrogens with zero attached hydrogens (tertiary/aromatic N) is 3. The van der Waals surface area contributed by atoms with Gasteiger partial charge in [0.15, 0.2) is 0 Å². The number of aromatic nitrogens is 2. The summed E-state index contributed by atoms with van der Waals surface area (Å²) < 4.78 is 25.8. The molecule has 0 spiro atoms. The molecule has 130 valence electrons. The van der Waals surface area contributed by atoms with Gasteiger partial charge in [0.05, 0.1) is 0 Å². The highest BCUT2D eigenvalue weighted by Crippen LogP contribution is 2.23. The number of sulfonamides is 1. The predicted molar refractivity (Wildman–Crippen MR) is 93.4 cm³/mol. The smallest absolute Gasteiger partial charge is 0.272 e. The number of aryl methyl sites for hydroxylation is 1. The quantitative estimate of drug-likeness (QED) is 0.721. The number of rotatable bonds is 8. The van der Waals surface area contributed by atoms with Crippen molar-refractivity contribution >= 4 is 32.4 Å². The van der Waals surface area contributed by atoms with Gasteiger partial charge in [-0.25, -0.2) is 8.42 Å². The molecule has 0 aliphatic rings. The van der Waals surface area contributed by atoms with Gasteiger partial charge in [-0.2, -0.15) is 4.31 Å². The lowest BCUT2D eigenvalue weighted by atomic mass is 10.1. The van der Waals surface area contributed by atoms with E-state index < -0.39 is 10.0 Å². The van der Waals surface area contributed by atoms with Gasteiger partial charge < -0.3 is 5.32 Å². The van der Waals surface area contributed by atoms with E-state index in [0.29, 0.717) is 25.9 Å². The molecule has 0 radical (unpaired) electrons. The van der Waals surface area contributed by atoms with Crippen LogP contribution in [0.2, 0.25) is 0 Å². The second-order valence-electron chi connectivity index (χ2n) is 5.00. The zero-order chi connectivity index (χ0) is 17.6. The molecular formula is C15H20N4O3S2. The second kappa shape index (κ2) is 8.32. The summed E-state index contributed by atoms with van der Waals surface area (Å²) >= 11 is 0.865. The van der Waals surface area contributed by atoms with Gasteiger partial charge in [-0.1, -0.05) is 55.5 Å². The van der Waals surface area contributed by atoms with Crippen LogP contribution in [-0.4, -0.2) is 41.9 Å². The number of amides is 1. The molecule has 24 heavy (non-hydrogen) atoms. The van der Waals surface area contributed by atoms with Crippen molar-refractivity contribution in [1.29, 1.82) is 0 Å². The Morgan fingerprint density at radius 2 is 1.83 bits per heavy atom. The summed E-state index contributed by atoms with van der Waals surface area (Å²) in [6.07, 6.45) is 0.901. The number of benzene rings is 1. The zero-order valence-corrected chi connectivity index (χ0v) is 15.2. The Bertz CT molecular complexity index is 771. The van der Waals surface area contributed by atoms with E-state index in [1.807, 2.05) is 30.3 Å². The molecule has 0 aliphatic carbocycles. The molecule has 0 atom stereocenters. The van der Waals surface area contributed by atoms with Crippen molar-refractivity contribution in [1.82, 2.24) is 14.5 Å². The van der Waals surface area contributed by atoms with Crippen LogP contribution in [0, 0.1) is 0 Å². The lowest BCUT2D eigenvalue weighted by Crippen LogP contribution is -2.30. The van der Waals surface area contributed by atoms with Gasteiger partial charge in [0, 0.05) is 19.5 Å². The van der Waals surface area contributed by atoms with E-state index in [1.165, 1.54) is 4.31 Å². The largest absolute Gasteiger partial charge is 0.300 e. The minimum atomic E-state index is -3.64. The monoisotopic (exact) mass is 368 g/mol. The molecule has 0 saturated carbocycles. The third-order valence-electron chi connectivity index (χ3n) is 3.40. The Morgan fingerprint density at radius 3 is 2.46 bits per heavy atom. The highest BCUT2D eigenvalue weighted by atomic mass is 32.2. The molecule has 2 aromatic rings. The van der Waals surface area contributed by atoms with E-state index in [1.54, 1.807) is 13.8 Å². The topological polar surface area (TPSA) is 92.3 Å². The normalized spacial score (nSPS) is 11.6. The van der Waals surface area contributed by atoms with Crippen LogP contribution in [-0.2, 0) is 21.2 Å². The van der Waals surface area contributed by atoms with E-state index in [0.717, 1.165) is 16.9 Å². The van der Waals surface area contributed by atoms with Gasteiger partial charge >= 0.3 is 0 Å². The summed E-state index contributed by atoms with van der Waals surface area (Å²) in [5.74, 6) is -0.221. The minimum absolute atomic E-state index is 0.107. The summed E-state index contributed by atoms with van der Waals surface area (Å²) in [5, 5.41) is 10.3. The summed E-state index contributed by atoms with van der Waals surface area (Å²) in [6, 6.07) is 9.66. The van der Waals surface area contributed by atoms with Crippen LogP contribution in [0.3, 0.4) is 0 Å². The molecule has 1 heterocycles. The average molecular weight is 368 g/mol. The van der Waals surface area contributed by atoms with Gasteiger partial charge in [-0.05, 0) is 12.0 Å². The van der Waals surface area contributed by atoms with Gasteiger partial charge in [0.25, 0.3) is 10.0 Å². The minimum Gasteiger partial charge on any atom is -0.300 e. The number of hydrogen-bond acceptors (Lipinski definition) is 6. The van der Waals surface area contributed by atoms with Gasteiger partial charge in [0.1, 0.15) is 0 Å². The molecule has 1 aromatic carbocycles. The Morgan fingerprint density at radius 1 is 1.17 bits per heavy atom. The SMILES string of the molecule is CCN(CC)S(=O)(=O)c1nnc(NC(=O)CCc2ccccc2)s1. The van der Waals surface area contributed by atoms with Gasteiger partial charge in [-0.15, -0.1) is 10.2 Å². The molecule has 0 fully saturated rings. The molecule has 7 nitrogen and oxygen atoms in total. The fourth-order valence-electron chi connectivity index (χ4n) is 2.12. The Balaban J connectivity index is 1.97. The summed E-state index contributed by atoms with van der Waals surface area (Å²) in [7, 11) is -3.64. The average Bonchev–Trinajstić information content (AvgIpc) is 3.04. The number of nitrogens with one attached hydrogen (secondary N) is 1. The molecule has 9 heteroatoms. The maximum absolute atomic E-state index is 12.3. The fourth-order valence-corrected chi connectivity index (χ4v) is 4.64. The van der Waals surface area contributed by atoms with E-state index in [2.05, 4.69) is 15.5 Å². The first-order chi connectivity index (χ1) is 11.5. The van der Waals surface area contributed by atoms with Crippen molar-refractivity contribution in [3.05, 3.63) is 35.9 Å². The number of hydrogen-bond donors (Lipinski definition) is 1. The van der Waals surface area contributed by atoms with E-state index >= 15 is 0 Å². The van der Waals surface area contributed by atoms with Crippen molar-refractivity contribution in [2.45, 2.75) is 31.0 Å². The lowest BCUT2D eigenvalue weighted by Gasteiger charge is -2.15. The Labute approximate surface area is 145 Å². The standard InChI is InChI=1S/C15H20N4O3S2/c1-3-19(4-2)24(21,22)15-18-17-14(23-15)16-13(20)11-10-12-8-6-5-7-9-12/h5-9H,3-4,10-11H2,1-2H3,(H,16,17,20). The fraction of sp³-hybridized carbons (Fsp3) is 0.400. The first kappa shape index (κ1) is 18.5. The lowest BCUT2D eigenvalue weighted by molar-refractivity contribution is -0.116. The molecule has 0 unspecified atom stereocenters. The Hall–Kier alpha value is -1.84. The van der Waals surface area contributed by atoms with Crippen LogP contribution >= 0.6 is 11.3 Å². The summed E-state index contributed by atoms with van der Waals surface area (Å²) in [5.41, 5.74) is 1.06. The molecule has 0 bridgehead atoms. The molecule has 0 saturated heterocycles. The Kier molecular flexibility index (Phi) is 6.41. The third-order valence-corrected chi connectivity index (χ3v) is 6.64. The van der Waals surface area contributed by atoms with Crippen molar-refractivity contribution in [2.24, 2.45) is 0 Å². The maximum atomic E-state index is 12.3. The van der Waals surface area contributed by atoms with E-state index in [-0.39, 0.29) is 15.4 Å². The van der Waals surface area contributed by atoms with Crippen molar-refractivity contribution in [2.75, 3.05) is 18.4 Å². The summed E-state index contributed by atoms with van der Waals surface area (Å²) in [4.78, 5) is 12.0. The van der Waals surface area contributed by atoms with Crippen molar-refractivity contribution in [3.63, 3.8) is 0 Å². The molecule has 1 aromatic heterocycles. The number of anilines is 1. The molecule has 2 rings (SSSR count). The van der Waals surface area contributed by atoms with Crippen LogP contribution in [0.5, 0.6) is 0 Å². The van der Waals surface area contributed by atoms with Gasteiger partial charge in [0.2, 0.25) is 15.4 Å². The van der Waals surface area contributed by atoms with Crippen molar-refractivity contribution in [3.8, 4) is 0 Å². The first-order valence-electron chi connectivity index (χ1n) is 7.64. The predicted octanol–water partition coefficient (Wildman–Crippen LogP) is 2.14. The van der Waals surface area contributed by atoms with E-state index in [4.69, 9.17) is 0 Å². The first-order valence-corrected chi connectivity index (χ1v) is 9.90. The highest BCUT2D eigenvalue weighted by molar-refractivity contribution is 7.91. The summed E-state index contributed by atoms with van der Waals surface area (Å²) in [6.45, 7) is 4.23. The molecular weight excluding hydrogens is 348 g/mol.